The van der Waals surface area contributed by atoms with Gasteiger partial charge >= 0.3 is 0 Å². The molecule has 0 bridgehead atoms. The molecule has 0 aliphatic rings. The first kappa shape index (κ1) is 27.2. The number of ether oxygens (including phenoxy) is 2. The van der Waals surface area contributed by atoms with Crippen molar-refractivity contribution in [2.24, 2.45) is 5.92 Å². The number of aliphatic hydroxyl groups excluding tert-OH is 1. The first-order valence-electron chi connectivity index (χ1n) is 11.6. The molecule has 0 aliphatic heterocycles. The molecule has 0 radical (unpaired) electrons. The van der Waals surface area contributed by atoms with Crippen molar-refractivity contribution in [3.63, 3.8) is 0 Å². The van der Waals surface area contributed by atoms with Crippen LogP contribution in [0.25, 0.3) is 0 Å². The van der Waals surface area contributed by atoms with Gasteiger partial charge < -0.3 is 14.6 Å². The number of hydrogen-bond acceptors (Lipinski definition) is 3. The minimum atomic E-state index is -1.56. The Hall–Kier alpha value is -1.80. The van der Waals surface area contributed by atoms with E-state index >= 15 is 0 Å². The van der Waals surface area contributed by atoms with Crippen LogP contribution in [0.4, 0.5) is 0 Å². The second kappa shape index (κ2) is 14.3. The average molecular weight is 443 g/mol. The van der Waals surface area contributed by atoms with Crippen LogP contribution < -0.4 is 4.74 Å². The summed E-state index contributed by atoms with van der Waals surface area (Å²) in [5, 5.41) is 10.8. The Morgan fingerprint density at radius 3 is 2.23 bits per heavy atom. The molecule has 0 fully saturated rings. The second-order valence-corrected chi connectivity index (χ2v) is 13.1. The summed E-state index contributed by atoms with van der Waals surface area (Å²) in [4.78, 5) is 0. The van der Waals surface area contributed by atoms with Crippen molar-refractivity contribution in [2.45, 2.75) is 84.4 Å². The number of aliphatic hydroxyl groups is 1. The summed E-state index contributed by atoms with van der Waals surface area (Å²) in [6.07, 6.45) is 4.90. The fourth-order valence-corrected chi connectivity index (χ4v) is 6.17. The van der Waals surface area contributed by atoms with Crippen LogP contribution in [0.3, 0.4) is 0 Å². The Bertz CT molecular complexity index is 730. The van der Waals surface area contributed by atoms with Crippen molar-refractivity contribution in [1.29, 1.82) is 0 Å². The second-order valence-electron chi connectivity index (χ2n) is 8.21. The summed E-state index contributed by atoms with van der Waals surface area (Å²) in [6.45, 7) is 15.3. The lowest BCUT2D eigenvalue weighted by Gasteiger charge is -2.22. The van der Waals surface area contributed by atoms with E-state index in [1.165, 1.54) is 0 Å². The third-order valence-corrected chi connectivity index (χ3v) is 11.1. The zero-order valence-electron chi connectivity index (χ0n) is 20.4. The maximum atomic E-state index is 10.8. The van der Waals surface area contributed by atoms with Gasteiger partial charge in [-0.1, -0.05) is 57.9 Å². The molecule has 0 spiro atoms. The van der Waals surface area contributed by atoms with Crippen LogP contribution in [0, 0.1) is 17.4 Å². The summed E-state index contributed by atoms with van der Waals surface area (Å²) < 4.78 is 11.4. The third kappa shape index (κ3) is 8.69. The lowest BCUT2D eigenvalue weighted by Crippen LogP contribution is -2.30. The molecule has 1 rings (SSSR count). The Kier molecular flexibility index (Phi) is 12.6. The Labute approximate surface area is 191 Å². The Balaban J connectivity index is 2.91. The number of hydrogen-bond donors (Lipinski definition) is 1. The number of benzene rings is 1. The zero-order chi connectivity index (χ0) is 23.3. The van der Waals surface area contributed by atoms with Crippen molar-refractivity contribution in [1.82, 2.24) is 0 Å². The molecule has 0 saturated carbocycles. The topological polar surface area (TPSA) is 38.7 Å². The van der Waals surface area contributed by atoms with Gasteiger partial charge in [0.1, 0.15) is 19.9 Å². The molecule has 1 aromatic rings. The third-order valence-electron chi connectivity index (χ3n) is 6.37. The van der Waals surface area contributed by atoms with Gasteiger partial charge in [0.15, 0.2) is 0 Å². The molecule has 31 heavy (non-hydrogen) atoms. The maximum Gasteiger partial charge on any atom is 0.137 e. The molecule has 1 N–H and O–H groups in total. The molecule has 0 aromatic heterocycles. The normalized spacial score (nSPS) is 14.9. The van der Waals surface area contributed by atoms with Gasteiger partial charge in [-0.25, -0.2) is 0 Å². The van der Waals surface area contributed by atoms with E-state index in [1.807, 2.05) is 30.3 Å². The minimum absolute atomic E-state index is 0.00155. The Morgan fingerprint density at radius 1 is 1.13 bits per heavy atom. The van der Waals surface area contributed by atoms with E-state index < -0.39 is 14.2 Å². The van der Waals surface area contributed by atoms with Gasteiger partial charge in [0.2, 0.25) is 0 Å². The highest BCUT2D eigenvalue weighted by molar-refractivity contribution is 6.87. The van der Waals surface area contributed by atoms with E-state index in [0.717, 1.165) is 47.9 Å². The van der Waals surface area contributed by atoms with Gasteiger partial charge in [-0.05, 0) is 61.2 Å². The van der Waals surface area contributed by atoms with Crippen molar-refractivity contribution < 1.29 is 14.6 Å². The highest BCUT2D eigenvalue weighted by Gasteiger charge is 2.25. The van der Waals surface area contributed by atoms with Crippen LogP contribution in [0.2, 0.25) is 18.1 Å². The maximum absolute atomic E-state index is 10.8. The standard InChI is InChI=1S/C27H42O3Si/c1-8-13-27(30-21-23-14-16-25(29-7)17-15-23)22(6)20-24(9-2)26(28)18-19-31(10-3,11-4)12-5/h8,14-17,20,24,26-28H,1,9-13,21H2,2-7H3/b22-20+/t24-,26+,27-/m0/s1. The van der Waals surface area contributed by atoms with Crippen LogP contribution in [-0.4, -0.2) is 32.5 Å². The van der Waals surface area contributed by atoms with Crippen LogP contribution in [0.15, 0.2) is 48.6 Å². The highest BCUT2D eigenvalue weighted by atomic mass is 28.3. The van der Waals surface area contributed by atoms with E-state index in [9.17, 15) is 5.11 Å². The van der Waals surface area contributed by atoms with Crippen LogP contribution >= 0.6 is 0 Å². The SMILES string of the molecule is C=CC[C@H](OCc1ccc(OC)cc1)/C(C)=C/[C@H](CC)[C@H](O)C#C[Si](CC)(CC)CC. The molecule has 1 aromatic carbocycles. The van der Waals surface area contributed by atoms with E-state index in [-0.39, 0.29) is 12.0 Å². The molecule has 3 nitrogen and oxygen atoms in total. The van der Waals surface area contributed by atoms with Gasteiger partial charge in [-0.15, -0.1) is 12.1 Å². The van der Waals surface area contributed by atoms with Gasteiger partial charge in [0, 0.05) is 5.92 Å². The molecular weight excluding hydrogens is 400 g/mol. The highest BCUT2D eigenvalue weighted by Crippen LogP contribution is 2.22. The van der Waals surface area contributed by atoms with Crippen LogP contribution in [0.5, 0.6) is 5.75 Å². The van der Waals surface area contributed by atoms with E-state index in [2.05, 4.69) is 58.7 Å². The van der Waals surface area contributed by atoms with Crippen LogP contribution in [-0.2, 0) is 11.3 Å². The summed E-state index contributed by atoms with van der Waals surface area (Å²) >= 11 is 0. The van der Waals surface area contributed by atoms with Crippen LogP contribution in [0.1, 0.15) is 53.0 Å². The van der Waals surface area contributed by atoms with E-state index in [1.54, 1.807) is 7.11 Å². The van der Waals surface area contributed by atoms with E-state index in [4.69, 9.17) is 9.47 Å². The first-order chi connectivity index (χ1) is 14.9. The smallest absolute Gasteiger partial charge is 0.137 e. The lowest BCUT2D eigenvalue weighted by atomic mass is 9.95. The largest absolute Gasteiger partial charge is 0.497 e. The molecular formula is C27H42O3Si. The minimum Gasteiger partial charge on any atom is -0.497 e. The predicted molar refractivity (Wildman–Crippen MR) is 135 cm³/mol. The monoisotopic (exact) mass is 442 g/mol. The predicted octanol–water partition coefficient (Wildman–Crippen LogP) is 6.54. The van der Waals surface area contributed by atoms with Crippen molar-refractivity contribution in [3.8, 4) is 17.2 Å². The summed E-state index contributed by atoms with van der Waals surface area (Å²) in [7, 11) is 0.105. The molecule has 4 heteroatoms. The fraction of sp³-hybridized carbons (Fsp3) is 0.556. The molecule has 172 valence electrons. The molecule has 0 aliphatic carbocycles. The molecule has 0 unspecified atom stereocenters. The lowest BCUT2D eigenvalue weighted by molar-refractivity contribution is 0.0654. The number of methoxy groups -OCH3 is 1. The summed E-state index contributed by atoms with van der Waals surface area (Å²) in [6, 6.07) is 11.4. The van der Waals surface area contributed by atoms with Gasteiger partial charge in [0.25, 0.3) is 0 Å². The fourth-order valence-electron chi connectivity index (χ4n) is 3.68. The average Bonchev–Trinajstić information content (AvgIpc) is 2.81. The van der Waals surface area contributed by atoms with Crippen molar-refractivity contribution in [2.75, 3.05) is 7.11 Å². The molecule has 0 amide bonds. The van der Waals surface area contributed by atoms with E-state index in [0.29, 0.717) is 6.61 Å². The van der Waals surface area contributed by atoms with Gasteiger partial charge in [-0.2, -0.15) is 0 Å². The molecule has 0 saturated heterocycles. The summed E-state index contributed by atoms with van der Waals surface area (Å²) in [5.41, 5.74) is 5.75. The Morgan fingerprint density at radius 2 is 1.74 bits per heavy atom. The first-order valence-corrected chi connectivity index (χ1v) is 14.2. The van der Waals surface area contributed by atoms with Gasteiger partial charge in [-0.3, -0.25) is 0 Å². The summed E-state index contributed by atoms with van der Waals surface area (Å²) in [5.74, 6) is 4.06. The van der Waals surface area contributed by atoms with Gasteiger partial charge in [0.05, 0.1) is 19.8 Å². The molecule has 0 heterocycles. The molecule has 3 atom stereocenters. The zero-order valence-corrected chi connectivity index (χ0v) is 21.4. The van der Waals surface area contributed by atoms with Crippen molar-refractivity contribution >= 4 is 8.07 Å². The number of rotatable bonds is 13. The van der Waals surface area contributed by atoms with Crippen molar-refractivity contribution in [3.05, 3.63) is 54.1 Å². The quantitative estimate of drug-likeness (QED) is 0.214.